The summed E-state index contributed by atoms with van der Waals surface area (Å²) in [4.78, 5) is 4.27. The van der Waals surface area contributed by atoms with Crippen LogP contribution in [0.1, 0.15) is 38.6 Å². The number of unbranched alkanes of at least 4 members (excludes halogenated alkanes) is 1. The fourth-order valence-electron chi connectivity index (χ4n) is 1.66. The second-order valence-corrected chi connectivity index (χ2v) is 5.02. The maximum absolute atomic E-state index is 6.03. The van der Waals surface area contributed by atoms with Gasteiger partial charge in [-0.2, -0.15) is 4.98 Å². The van der Waals surface area contributed by atoms with Crippen molar-refractivity contribution in [3.05, 3.63) is 29.1 Å². The smallest absolute Gasteiger partial charge is 0.243 e. The zero-order valence-corrected chi connectivity index (χ0v) is 12.4. The van der Waals surface area contributed by atoms with Crippen molar-refractivity contribution in [2.45, 2.75) is 32.7 Å². The van der Waals surface area contributed by atoms with Gasteiger partial charge in [0.1, 0.15) is 5.75 Å². The normalized spacial score (nSPS) is 12.4. The number of halogens is 1. The molecule has 6 heteroatoms. The van der Waals surface area contributed by atoms with Crippen LogP contribution in [-0.2, 0) is 0 Å². The van der Waals surface area contributed by atoms with Crippen LogP contribution in [0.3, 0.4) is 0 Å². The van der Waals surface area contributed by atoms with Crippen LogP contribution < -0.4 is 10.5 Å². The topological polar surface area (TPSA) is 74.2 Å². The molecule has 1 heterocycles. The highest BCUT2D eigenvalue weighted by molar-refractivity contribution is 6.30. The highest BCUT2D eigenvalue weighted by Gasteiger charge is 2.16. The van der Waals surface area contributed by atoms with Crippen LogP contribution in [-0.4, -0.2) is 16.7 Å². The minimum Gasteiger partial charge on any atom is -0.493 e. The lowest BCUT2D eigenvalue weighted by atomic mass is 10.2. The molecule has 0 amide bonds. The lowest BCUT2D eigenvalue weighted by molar-refractivity contribution is 0.310. The summed E-state index contributed by atoms with van der Waals surface area (Å²) in [6, 6.07) is 5.05. The standard InChI is InChI=1S/C14H18ClN3O2/c1-3-4-7-19-12-6-5-10(15)8-11(12)13-17-14(9(2)16)20-18-13/h5-6,8-9H,3-4,7,16H2,1-2H3/t9-/m1/s1. The molecule has 0 unspecified atom stereocenters. The number of hydrogen-bond acceptors (Lipinski definition) is 5. The molecule has 0 saturated carbocycles. The van der Waals surface area contributed by atoms with E-state index in [4.69, 9.17) is 26.6 Å². The van der Waals surface area contributed by atoms with Crippen molar-refractivity contribution in [1.82, 2.24) is 10.1 Å². The molecule has 1 aromatic carbocycles. The van der Waals surface area contributed by atoms with Crippen LogP contribution in [0.4, 0.5) is 0 Å². The van der Waals surface area contributed by atoms with E-state index >= 15 is 0 Å². The van der Waals surface area contributed by atoms with Gasteiger partial charge in [-0.3, -0.25) is 0 Å². The fourth-order valence-corrected chi connectivity index (χ4v) is 1.83. The van der Waals surface area contributed by atoms with Crippen molar-refractivity contribution in [2.75, 3.05) is 6.61 Å². The molecular weight excluding hydrogens is 278 g/mol. The van der Waals surface area contributed by atoms with Crippen LogP contribution in [0, 0.1) is 0 Å². The summed E-state index contributed by atoms with van der Waals surface area (Å²) in [6.45, 7) is 4.54. The van der Waals surface area contributed by atoms with E-state index in [1.807, 2.05) is 6.07 Å². The Bertz CT molecular complexity index is 569. The van der Waals surface area contributed by atoms with E-state index in [0.29, 0.717) is 34.7 Å². The average molecular weight is 296 g/mol. The summed E-state index contributed by atoms with van der Waals surface area (Å²) in [7, 11) is 0. The Balaban J connectivity index is 2.29. The van der Waals surface area contributed by atoms with E-state index in [-0.39, 0.29) is 6.04 Å². The first-order chi connectivity index (χ1) is 9.61. The van der Waals surface area contributed by atoms with Crippen LogP contribution in [0.25, 0.3) is 11.4 Å². The van der Waals surface area contributed by atoms with Gasteiger partial charge < -0.3 is 15.0 Å². The van der Waals surface area contributed by atoms with Crippen LogP contribution in [0.5, 0.6) is 5.75 Å². The Kier molecular flexibility index (Phi) is 4.98. The number of ether oxygens (including phenoxy) is 1. The molecule has 0 saturated heterocycles. The summed E-state index contributed by atoms with van der Waals surface area (Å²) >= 11 is 6.03. The van der Waals surface area contributed by atoms with Gasteiger partial charge in [0.15, 0.2) is 0 Å². The summed E-state index contributed by atoms with van der Waals surface area (Å²) in [5, 5.41) is 4.53. The first kappa shape index (κ1) is 14.8. The van der Waals surface area contributed by atoms with Gasteiger partial charge >= 0.3 is 0 Å². The third-order valence-electron chi connectivity index (χ3n) is 2.77. The average Bonchev–Trinajstić information content (AvgIpc) is 2.90. The van der Waals surface area contributed by atoms with Gasteiger partial charge in [0.2, 0.25) is 11.7 Å². The Morgan fingerprint density at radius 2 is 2.25 bits per heavy atom. The molecule has 0 aliphatic rings. The molecule has 2 N–H and O–H groups in total. The summed E-state index contributed by atoms with van der Waals surface area (Å²) in [5.74, 6) is 1.52. The van der Waals surface area contributed by atoms with Crippen LogP contribution in [0.2, 0.25) is 5.02 Å². The van der Waals surface area contributed by atoms with Gasteiger partial charge in [-0.25, -0.2) is 0 Å². The number of nitrogens with zero attached hydrogens (tertiary/aromatic N) is 2. The second kappa shape index (κ2) is 6.72. The molecule has 108 valence electrons. The maximum Gasteiger partial charge on any atom is 0.243 e. The van der Waals surface area contributed by atoms with Crippen molar-refractivity contribution in [3.8, 4) is 17.1 Å². The zero-order chi connectivity index (χ0) is 14.5. The number of hydrogen-bond donors (Lipinski definition) is 1. The van der Waals surface area contributed by atoms with Crippen molar-refractivity contribution >= 4 is 11.6 Å². The van der Waals surface area contributed by atoms with Crippen molar-refractivity contribution < 1.29 is 9.26 Å². The van der Waals surface area contributed by atoms with E-state index in [1.54, 1.807) is 19.1 Å². The van der Waals surface area contributed by atoms with Crippen LogP contribution >= 0.6 is 11.6 Å². The largest absolute Gasteiger partial charge is 0.493 e. The van der Waals surface area contributed by atoms with Crippen LogP contribution in [0.15, 0.2) is 22.7 Å². The lowest BCUT2D eigenvalue weighted by Crippen LogP contribution is -2.05. The predicted octanol–water partition coefficient (Wildman–Crippen LogP) is 3.59. The lowest BCUT2D eigenvalue weighted by Gasteiger charge is -2.09. The summed E-state index contributed by atoms with van der Waals surface area (Å²) in [6.07, 6.45) is 2.05. The monoisotopic (exact) mass is 295 g/mol. The molecule has 0 fully saturated rings. The molecule has 0 spiro atoms. The predicted molar refractivity (Wildman–Crippen MR) is 77.7 cm³/mol. The Morgan fingerprint density at radius 3 is 2.90 bits per heavy atom. The van der Waals surface area contributed by atoms with E-state index in [1.165, 1.54) is 0 Å². The fraction of sp³-hybridized carbons (Fsp3) is 0.429. The molecule has 0 bridgehead atoms. The highest BCUT2D eigenvalue weighted by Crippen LogP contribution is 2.31. The highest BCUT2D eigenvalue weighted by atomic mass is 35.5. The molecule has 5 nitrogen and oxygen atoms in total. The summed E-state index contributed by atoms with van der Waals surface area (Å²) in [5.41, 5.74) is 6.43. The summed E-state index contributed by atoms with van der Waals surface area (Å²) < 4.78 is 10.9. The molecule has 1 atom stereocenters. The first-order valence-electron chi connectivity index (χ1n) is 6.63. The number of aromatic nitrogens is 2. The van der Waals surface area contributed by atoms with Gasteiger partial charge in [0.05, 0.1) is 18.2 Å². The molecule has 2 rings (SSSR count). The first-order valence-corrected chi connectivity index (χ1v) is 7.01. The molecule has 20 heavy (non-hydrogen) atoms. The Hall–Kier alpha value is -1.59. The molecule has 0 radical (unpaired) electrons. The van der Waals surface area contributed by atoms with E-state index in [2.05, 4.69) is 17.1 Å². The van der Waals surface area contributed by atoms with Gasteiger partial charge in [0.25, 0.3) is 0 Å². The molecule has 2 aromatic rings. The minimum absolute atomic E-state index is 0.306. The van der Waals surface area contributed by atoms with E-state index in [9.17, 15) is 0 Å². The molecule has 0 aliphatic carbocycles. The van der Waals surface area contributed by atoms with E-state index in [0.717, 1.165) is 12.8 Å². The number of rotatable bonds is 6. The van der Waals surface area contributed by atoms with Crippen molar-refractivity contribution in [1.29, 1.82) is 0 Å². The number of nitrogens with two attached hydrogens (primary N) is 1. The van der Waals surface area contributed by atoms with Gasteiger partial charge in [-0.05, 0) is 31.5 Å². The minimum atomic E-state index is -0.306. The molecule has 1 aromatic heterocycles. The van der Waals surface area contributed by atoms with Crippen molar-refractivity contribution in [2.24, 2.45) is 5.73 Å². The zero-order valence-electron chi connectivity index (χ0n) is 11.6. The Morgan fingerprint density at radius 1 is 1.45 bits per heavy atom. The third kappa shape index (κ3) is 3.49. The SMILES string of the molecule is CCCCOc1ccc(Cl)cc1-c1noc([C@@H](C)N)n1. The van der Waals surface area contributed by atoms with Gasteiger partial charge in [0, 0.05) is 5.02 Å². The van der Waals surface area contributed by atoms with Gasteiger partial charge in [-0.15, -0.1) is 0 Å². The Labute approximate surface area is 123 Å². The van der Waals surface area contributed by atoms with Gasteiger partial charge in [-0.1, -0.05) is 30.1 Å². The quantitative estimate of drug-likeness (QED) is 0.824. The third-order valence-corrected chi connectivity index (χ3v) is 3.00. The maximum atomic E-state index is 6.03. The van der Waals surface area contributed by atoms with E-state index < -0.39 is 0 Å². The number of benzene rings is 1. The second-order valence-electron chi connectivity index (χ2n) is 4.59. The molecule has 0 aliphatic heterocycles. The molecular formula is C14H18ClN3O2. The van der Waals surface area contributed by atoms with Crippen molar-refractivity contribution in [3.63, 3.8) is 0 Å².